The summed E-state index contributed by atoms with van der Waals surface area (Å²) in [6.07, 6.45) is 0.330. The van der Waals surface area contributed by atoms with Gasteiger partial charge < -0.3 is 30.2 Å². The second-order valence-electron chi connectivity index (χ2n) is 10.0. The number of amides is 3. The fraction of sp³-hybridized carbons (Fsp3) is 0.640. The van der Waals surface area contributed by atoms with E-state index in [1.807, 2.05) is 34.6 Å². The van der Waals surface area contributed by atoms with Gasteiger partial charge in [0, 0.05) is 13.6 Å². The molecule has 0 heterocycles. The second kappa shape index (κ2) is 13.9. The number of ether oxygens (including phenoxy) is 3. The number of hydroxylamine groups is 1. The molecular formula is C25H42N4O7. The Hall–Kier alpha value is -3.05. The quantitative estimate of drug-likeness (QED) is 0.199. The largest absolute Gasteiger partial charge is 0.493 e. The summed E-state index contributed by atoms with van der Waals surface area (Å²) in [5, 5.41) is 17.9. The molecule has 0 bridgehead atoms. The molecule has 0 unspecified atom stereocenters. The predicted molar refractivity (Wildman–Crippen MR) is 135 cm³/mol. The van der Waals surface area contributed by atoms with Gasteiger partial charge in [0.15, 0.2) is 11.5 Å². The van der Waals surface area contributed by atoms with Crippen molar-refractivity contribution < 1.29 is 33.8 Å². The molecule has 5 N–H and O–H groups in total. The lowest BCUT2D eigenvalue weighted by molar-refractivity contribution is -0.140. The van der Waals surface area contributed by atoms with Crippen molar-refractivity contribution >= 4 is 17.7 Å². The molecule has 1 aromatic rings. The van der Waals surface area contributed by atoms with Crippen LogP contribution in [0.2, 0.25) is 0 Å². The maximum absolute atomic E-state index is 13.5. The number of likely N-dealkylation sites (N-methyl/N-ethyl adjacent to an activating group) is 1. The Morgan fingerprint density at radius 3 is 1.89 bits per heavy atom. The van der Waals surface area contributed by atoms with E-state index in [-0.39, 0.29) is 18.4 Å². The van der Waals surface area contributed by atoms with Gasteiger partial charge >= 0.3 is 0 Å². The Balaban J connectivity index is 3.33. The molecule has 0 spiro atoms. The van der Waals surface area contributed by atoms with Gasteiger partial charge in [0.05, 0.1) is 27.2 Å². The summed E-state index contributed by atoms with van der Waals surface area (Å²) in [6.45, 7) is 9.51. The van der Waals surface area contributed by atoms with Crippen LogP contribution in [-0.2, 0) is 20.9 Å². The topological polar surface area (TPSA) is 147 Å². The first-order valence-electron chi connectivity index (χ1n) is 11.8. The number of benzene rings is 1. The Kier molecular flexibility index (Phi) is 11.9. The highest BCUT2D eigenvalue weighted by atomic mass is 16.5. The van der Waals surface area contributed by atoms with E-state index in [2.05, 4.69) is 16.0 Å². The minimum absolute atomic E-state index is 0.0470. The van der Waals surface area contributed by atoms with E-state index < -0.39 is 35.2 Å². The molecule has 0 aliphatic carbocycles. The Morgan fingerprint density at radius 1 is 0.944 bits per heavy atom. The predicted octanol–water partition coefficient (Wildman–Crippen LogP) is 1.62. The summed E-state index contributed by atoms with van der Waals surface area (Å²) in [4.78, 5) is 38.7. The van der Waals surface area contributed by atoms with E-state index in [0.29, 0.717) is 29.2 Å². The van der Waals surface area contributed by atoms with Crippen LogP contribution in [0.1, 0.15) is 46.6 Å². The fourth-order valence-corrected chi connectivity index (χ4v) is 3.92. The third-order valence-corrected chi connectivity index (χ3v) is 5.77. The van der Waals surface area contributed by atoms with Crippen LogP contribution in [0.3, 0.4) is 0 Å². The molecule has 3 amide bonds. The van der Waals surface area contributed by atoms with Crippen molar-refractivity contribution in [1.82, 2.24) is 21.4 Å². The first kappa shape index (κ1) is 31.0. The molecule has 11 nitrogen and oxygen atoms in total. The van der Waals surface area contributed by atoms with Gasteiger partial charge in [0.1, 0.15) is 12.1 Å². The van der Waals surface area contributed by atoms with E-state index >= 15 is 0 Å². The van der Waals surface area contributed by atoms with Crippen molar-refractivity contribution in [2.45, 2.75) is 59.7 Å². The third kappa shape index (κ3) is 8.27. The summed E-state index contributed by atoms with van der Waals surface area (Å²) >= 11 is 0. The van der Waals surface area contributed by atoms with Crippen molar-refractivity contribution in [3.63, 3.8) is 0 Å². The van der Waals surface area contributed by atoms with Gasteiger partial charge in [-0.05, 0) is 35.4 Å². The van der Waals surface area contributed by atoms with Crippen LogP contribution in [0.5, 0.6) is 17.2 Å². The van der Waals surface area contributed by atoms with Crippen molar-refractivity contribution in [2.75, 3.05) is 28.4 Å². The standard InChI is InChI=1S/C25H42N4O7/c1-14(2)10-16(22(30)28-21(24(32)26-6)25(3,4)5)19(23(31)29-33)27-13-15-11-17(34-7)20(36-9)18(12-15)35-8/h11-12,14,16,19,21,27,33H,10,13H2,1-9H3,(H,26,32)(H,28,30)(H,29,31)/t16-,19+,21-/m1/s1. The van der Waals surface area contributed by atoms with E-state index in [1.165, 1.54) is 28.4 Å². The number of hydrogen-bond acceptors (Lipinski definition) is 8. The molecule has 0 radical (unpaired) electrons. The van der Waals surface area contributed by atoms with Crippen LogP contribution < -0.4 is 35.6 Å². The fourth-order valence-electron chi connectivity index (χ4n) is 3.92. The Bertz CT molecular complexity index is 874. The van der Waals surface area contributed by atoms with E-state index in [4.69, 9.17) is 14.2 Å². The second-order valence-corrected chi connectivity index (χ2v) is 10.0. The zero-order valence-electron chi connectivity index (χ0n) is 22.8. The molecule has 11 heteroatoms. The summed E-state index contributed by atoms with van der Waals surface area (Å²) in [5.41, 5.74) is 1.78. The lowest BCUT2D eigenvalue weighted by Gasteiger charge is -2.33. The van der Waals surface area contributed by atoms with Gasteiger partial charge in [-0.1, -0.05) is 34.6 Å². The number of carbonyl (C=O) groups excluding carboxylic acids is 3. The smallest absolute Gasteiger partial charge is 0.261 e. The SMILES string of the molecule is CNC(=O)[C@@H](NC(=O)[C@H](CC(C)C)[C@H](NCc1cc(OC)c(OC)c(OC)c1)C(=O)NO)C(C)(C)C. The van der Waals surface area contributed by atoms with Crippen LogP contribution in [0, 0.1) is 17.3 Å². The van der Waals surface area contributed by atoms with Gasteiger partial charge in [-0.2, -0.15) is 0 Å². The molecule has 3 atom stereocenters. The van der Waals surface area contributed by atoms with Gasteiger partial charge in [0.2, 0.25) is 17.6 Å². The summed E-state index contributed by atoms with van der Waals surface area (Å²) in [5.74, 6) is -1.12. The van der Waals surface area contributed by atoms with Crippen LogP contribution in [0.15, 0.2) is 12.1 Å². The first-order valence-corrected chi connectivity index (χ1v) is 11.8. The number of rotatable bonds is 13. The zero-order valence-corrected chi connectivity index (χ0v) is 22.8. The molecule has 1 aromatic carbocycles. The van der Waals surface area contributed by atoms with Gasteiger partial charge in [0.25, 0.3) is 5.91 Å². The van der Waals surface area contributed by atoms with Gasteiger partial charge in [-0.3, -0.25) is 19.6 Å². The first-order chi connectivity index (χ1) is 16.8. The molecule has 0 saturated carbocycles. The molecule has 0 aliphatic heterocycles. The van der Waals surface area contributed by atoms with E-state index in [0.717, 1.165) is 0 Å². The lowest BCUT2D eigenvalue weighted by Crippen LogP contribution is -2.58. The van der Waals surface area contributed by atoms with Crippen LogP contribution in [0.4, 0.5) is 0 Å². The summed E-state index contributed by atoms with van der Waals surface area (Å²) < 4.78 is 16.1. The molecule has 0 saturated heterocycles. The minimum atomic E-state index is -1.10. The van der Waals surface area contributed by atoms with Crippen molar-refractivity contribution in [3.05, 3.63) is 17.7 Å². The van der Waals surface area contributed by atoms with Crippen molar-refractivity contribution in [1.29, 1.82) is 0 Å². The average molecular weight is 511 g/mol. The maximum atomic E-state index is 13.5. The Labute approximate surface area is 213 Å². The molecule has 36 heavy (non-hydrogen) atoms. The normalized spacial score (nSPS) is 13.9. The van der Waals surface area contributed by atoms with Gasteiger partial charge in [-0.15, -0.1) is 0 Å². The number of carbonyl (C=O) groups is 3. The lowest BCUT2D eigenvalue weighted by atomic mass is 9.84. The van der Waals surface area contributed by atoms with Crippen LogP contribution in [0.25, 0.3) is 0 Å². The van der Waals surface area contributed by atoms with Gasteiger partial charge in [-0.25, -0.2) is 5.48 Å². The van der Waals surface area contributed by atoms with Crippen LogP contribution in [-0.4, -0.2) is 63.4 Å². The number of nitrogens with one attached hydrogen (secondary N) is 4. The maximum Gasteiger partial charge on any atom is 0.261 e. The average Bonchev–Trinajstić information content (AvgIpc) is 2.83. The molecule has 0 aromatic heterocycles. The highest BCUT2D eigenvalue weighted by Crippen LogP contribution is 2.38. The van der Waals surface area contributed by atoms with Crippen molar-refractivity contribution in [3.8, 4) is 17.2 Å². The summed E-state index contributed by atoms with van der Waals surface area (Å²) in [7, 11) is 5.99. The Morgan fingerprint density at radius 2 is 1.50 bits per heavy atom. The van der Waals surface area contributed by atoms with Crippen LogP contribution >= 0.6 is 0 Å². The third-order valence-electron chi connectivity index (χ3n) is 5.77. The molecular weight excluding hydrogens is 468 g/mol. The monoisotopic (exact) mass is 510 g/mol. The van der Waals surface area contributed by atoms with Crippen molar-refractivity contribution in [2.24, 2.45) is 17.3 Å². The highest BCUT2D eigenvalue weighted by Gasteiger charge is 2.38. The highest BCUT2D eigenvalue weighted by molar-refractivity contribution is 5.93. The van der Waals surface area contributed by atoms with E-state index in [9.17, 15) is 19.6 Å². The minimum Gasteiger partial charge on any atom is -0.493 e. The molecule has 0 aliphatic rings. The zero-order chi connectivity index (χ0) is 27.6. The summed E-state index contributed by atoms with van der Waals surface area (Å²) in [6, 6.07) is 1.53. The van der Waals surface area contributed by atoms with E-state index in [1.54, 1.807) is 17.6 Å². The number of methoxy groups -OCH3 is 3. The number of hydrogen-bond donors (Lipinski definition) is 5. The molecule has 0 fully saturated rings. The molecule has 204 valence electrons. The molecule has 1 rings (SSSR count).